The molecule has 0 aromatic rings. The maximum absolute atomic E-state index is 4.51. The van der Waals surface area contributed by atoms with Gasteiger partial charge in [-0.2, -0.15) is 0 Å². The average Bonchev–Trinajstić information content (AvgIpc) is 2.02. The van der Waals surface area contributed by atoms with E-state index in [0.717, 1.165) is 6.42 Å². The predicted octanol–water partition coefficient (Wildman–Crippen LogP) is 3.44. The molecule has 0 saturated carbocycles. The van der Waals surface area contributed by atoms with Crippen LogP contribution in [0.1, 0.15) is 52.9 Å². The van der Waals surface area contributed by atoms with E-state index in [4.69, 9.17) is 0 Å². The Morgan fingerprint density at radius 3 is 2.83 bits per heavy atom. The Bertz CT molecular complexity index is 158. The molecular formula is C11H21N. The molecule has 0 aromatic heterocycles. The molecule has 1 atom stereocenters. The van der Waals surface area contributed by atoms with E-state index in [1.807, 2.05) is 0 Å². The second-order valence-corrected chi connectivity index (χ2v) is 4.79. The lowest BCUT2D eigenvalue weighted by Crippen LogP contribution is -2.11. The fourth-order valence-corrected chi connectivity index (χ4v) is 1.70. The van der Waals surface area contributed by atoms with Crippen LogP contribution in [0.25, 0.3) is 0 Å². The van der Waals surface area contributed by atoms with Crippen molar-refractivity contribution in [3.63, 3.8) is 0 Å². The second-order valence-electron chi connectivity index (χ2n) is 4.79. The van der Waals surface area contributed by atoms with Gasteiger partial charge in [0, 0.05) is 6.04 Å². The molecule has 0 aliphatic carbocycles. The van der Waals surface area contributed by atoms with E-state index in [9.17, 15) is 0 Å². The topological polar surface area (TPSA) is 12.4 Å². The Balaban J connectivity index is 2.51. The summed E-state index contributed by atoms with van der Waals surface area (Å²) in [7, 11) is 0. The Morgan fingerprint density at radius 2 is 2.08 bits per heavy atom. The van der Waals surface area contributed by atoms with Crippen LogP contribution in [0, 0.1) is 5.41 Å². The molecule has 0 fully saturated rings. The average molecular weight is 167 g/mol. The van der Waals surface area contributed by atoms with Crippen LogP contribution in [-0.4, -0.2) is 12.3 Å². The van der Waals surface area contributed by atoms with Gasteiger partial charge in [0.15, 0.2) is 0 Å². The lowest BCUT2D eigenvalue weighted by Gasteiger charge is -2.21. The third-order valence-electron chi connectivity index (χ3n) is 2.73. The van der Waals surface area contributed by atoms with Crippen molar-refractivity contribution >= 4 is 6.21 Å². The summed E-state index contributed by atoms with van der Waals surface area (Å²) < 4.78 is 0. The summed E-state index contributed by atoms with van der Waals surface area (Å²) >= 11 is 0. The third-order valence-corrected chi connectivity index (χ3v) is 2.73. The van der Waals surface area contributed by atoms with E-state index in [2.05, 4.69) is 32.0 Å². The van der Waals surface area contributed by atoms with Gasteiger partial charge in [-0.05, 0) is 37.8 Å². The molecule has 1 rings (SSSR count). The third kappa shape index (κ3) is 3.38. The van der Waals surface area contributed by atoms with Crippen molar-refractivity contribution in [3.05, 3.63) is 0 Å². The zero-order valence-electron chi connectivity index (χ0n) is 8.64. The van der Waals surface area contributed by atoms with Crippen molar-refractivity contribution in [2.24, 2.45) is 10.4 Å². The summed E-state index contributed by atoms with van der Waals surface area (Å²) in [5.74, 6) is 0. The van der Waals surface area contributed by atoms with Crippen LogP contribution in [0.15, 0.2) is 4.99 Å². The SMILES string of the molecule is C[C@@H]1CCCCC(C)(C)C/C=N\1. The van der Waals surface area contributed by atoms with Crippen LogP contribution in [0.5, 0.6) is 0 Å². The van der Waals surface area contributed by atoms with Gasteiger partial charge < -0.3 is 0 Å². The van der Waals surface area contributed by atoms with Crippen molar-refractivity contribution in [1.82, 2.24) is 0 Å². The summed E-state index contributed by atoms with van der Waals surface area (Å²) in [6, 6.07) is 0.555. The predicted molar refractivity (Wildman–Crippen MR) is 54.8 cm³/mol. The molecule has 0 N–H and O–H groups in total. The highest BCUT2D eigenvalue weighted by molar-refractivity contribution is 5.58. The summed E-state index contributed by atoms with van der Waals surface area (Å²) in [6.07, 6.45) is 8.63. The first-order chi connectivity index (χ1) is 5.60. The Kier molecular flexibility index (Phi) is 3.30. The van der Waals surface area contributed by atoms with Gasteiger partial charge in [-0.25, -0.2) is 0 Å². The van der Waals surface area contributed by atoms with Crippen LogP contribution in [0.2, 0.25) is 0 Å². The summed E-state index contributed by atoms with van der Waals surface area (Å²) in [5, 5.41) is 0. The van der Waals surface area contributed by atoms with Gasteiger partial charge in [-0.1, -0.05) is 26.7 Å². The highest BCUT2D eigenvalue weighted by Gasteiger charge is 2.17. The molecule has 0 amide bonds. The van der Waals surface area contributed by atoms with Gasteiger partial charge in [-0.3, -0.25) is 4.99 Å². The minimum atomic E-state index is 0.480. The Labute approximate surface area is 76.3 Å². The summed E-state index contributed by atoms with van der Waals surface area (Å²) in [6.45, 7) is 6.90. The molecule has 70 valence electrons. The number of hydrogen-bond donors (Lipinski definition) is 0. The van der Waals surface area contributed by atoms with Crippen LogP contribution in [0.3, 0.4) is 0 Å². The molecule has 12 heavy (non-hydrogen) atoms. The smallest absolute Gasteiger partial charge is 0.0467 e. The van der Waals surface area contributed by atoms with Crippen LogP contribution < -0.4 is 0 Å². The lowest BCUT2D eigenvalue weighted by molar-refractivity contribution is 0.338. The van der Waals surface area contributed by atoms with Gasteiger partial charge in [0.1, 0.15) is 0 Å². The van der Waals surface area contributed by atoms with E-state index in [-0.39, 0.29) is 0 Å². The van der Waals surface area contributed by atoms with Crippen LogP contribution in [-0.2, 0) is 0 Å². The van der Waals surface area contributed by atoms with Crippen LogP contribution >= 0.6 is 0 Å². The summed E-state index contributed by atoms with van der Waals surface area (Å²) in [4.78, 5) is 4.51. The zero-order valence-corrected chi connectivity index (χ0v) is 8.64. The van der Waals surface area contributed by atoms with Gasteiger partial charge >= 0.3 is 0 Å². The number of aliphatic imine (C=N–C) groups is 1. The second kappa shape index (κ2) is 4.06. The van der Waals surface area contributed by atoms with Crippen molar-refractivity contribution in [1.29, 1.82) is 0 Å². The fourth-order valence-electron chi connectivity index (χ4n) is 1.70. The first-order valence-corrected chi connectivity index (χ1v) is 5.12. The molecule has 0 bridgehead atoms. The highest BCUT2D eigenvalue weighted by Crippen LogP contribution is 2.28. The Hall–Kier alpha value is -0.330. The molecule has 1 aliphatic rings. The maximum Gasteiger partial charge on any atom is 0.0467 e. The first kappa shape index (κ1) is 9.76. The Morgan fingerprint density at radius 1 is 1.33 bits per heavy atom. The standard InChI is InChI=1S/C11H21N/c1-10-6-4-5-7-11(2,3)8-9-12-10/h9-10H,4-8H2,1-3H3/b12-9-/t10-/m1/s1. The molecule has 0 radical (unpaired) electrons. The molecule has 1 aliphatic heterocycles. The molecule has 1 heterocycles. The quantitative estimate of drug-likeness (QED) is 0.524. The maximum atomic E-state index is 4.51. The van der Waals surface area contributed by atoms with Crippen molar-refractivity contribution in [2.75, 3.05) is 0 Å². The van der Waals surface area contributed by atoms with E-state index in [1.54, 1.807) is 0 Å². The minimum absolute atomic E-state index is 0.480. The van der Waals surface area contributed by atoms with E-state index < -0.39 is 0 Å². The number of hydrogen-bond acceptors (Lipinski definition) is 1. The summed E-state index contributed by atoms with van der Waals surface area (Å²) in [5.41, 5.74) is 0.480. The van der Waals surface area contributed by atoms with Gasteiger partial charge in [0.2, 0.25) is 0 Å². The number of nitrogens with zero attached hydrogens (tertiary/aromatic N) is 1. The first-order valence-electron chi connectivity index (χ1n) is 5.12. The minimum Gasteiger partial charge on any atom is -0.294 e. The van der Waals surface area contributed by atoms with Gasteiger partial charge in [0.05, 0.1) is 0 Å². The largest absolute Gasteiger partial charge is 0.294 e. The molecule has 1 heteroatoms. The van der Waals surface area contributed by atoms with E-state index in [1.165, 1.54) is 25.7 Å². The molecule has 1 nitrogen and oxygen atoms in total. The molecule has 0 aromatic carbocycles. The zero-order chi connectivity index (χ0) is 9.03. The van der Waals surface area contributed by atoms with Crippen molar-refractivity contribution in [2.45, 2.75) is 58.9 Å². The fraction of sp³-hybridized carbons (Fsp3) is 0.909. The monoisotopic (exact) mass is 167 g/mol. The molecule has 0 unspecified atom stereocenters. The normalized spacial score (nSPS) is 33.1. The van der Waals surface area contributed by atoms with Crippen molar-refractivity contribution in [3.8, 4) is 0 Å². The lowest BCUT2D eigenvalue weighted by atomic mass is 9.84. The van der Waals surface area contributed by atoms with Crippen molar-refractivity contribution < 1.29 is 0 Å². The van der Waals surface area contributed by atoms with Crippen LogP contribution in [0.4, 0.5) is 0 Å². The van der Waals surface area contributed by atoms with Gasteiger partial charge in [0.25, 0.3) is 0 Å². The van der Waals surface area contributed by atoms with E-state index >= 15 is 0 Å². The number of rotatable bonds is 0. The molecule has 0 saturated heterocycles. The molecular weight excluding hydrogens is 146 g/mol. The van der Waals surface area contributed by atoms with Gasteiger partial charge in [-0.15, -0.1) is 0 Å². The van der Waals surface area contributed by atoms with E-state index in [0.29, 0.717) is 11.5 Å². The highest BCUT2D eigenvalue weighted by atomic mass is 14.8. The molecule has 0 spiro atoms.